The summed E-state index contributed by atoms with van der Waals surface area (Å²) in [7, 11) is 1.62. The second-order valence-electron chi connectivity index (χ2n) is 8.68. The number of nitrogens with one attached hydrogen (secondary N) is 1. The van der Waals surface area contributed by atoms with Crippen molar-refractivity contribution in [2.24, 2.45) is 0 Å². The highest BCUT2D eigenvalue weighted by molar-refractivity contribution is 5.80. The van der Waals surface area contributed by atoms with E-state index >= 15 is 0 Å². The number of tetrazole rings is 1. The van der Waals surface area contributed by atoms with Gasteiger partial charge in [0.25, 0.3) is 5.56 Å². The maximum Gasteiger partial charge on any atom is 0.253 e. The minimum absolute atomic E-state index is 0.164. The zero-order chi connectivity index (χ0) is 23.5. The molecule has 0 unspecified atom stereocenters. The van der Waals surface area contributed by atoms with Crippen LogP contribution in [0.1, 0.15) is 48.7 Å². The number of hydrogen-bond acceptors (Lipinski definition) is 6. The van der Waals surface area contributed by atoms with Crippen molar-refractivity contribution in [2.75, 3.05) is 20.2 Å². The van der Waals surface area contributed by atoms with Crippen molar-refractivity contribution < 1.29 is 9.13 Å². The number of aromatic nitrogens is 5. The molecule has 1 atom stereocenters. The topological polar surface area (TPSA) is 88.9 Å². The molecule has 0 saturated carbocycles. The fourth-order valence-corrected chi connectivity index (χ4v) is 4.67. The Labute approximate surface area is 196 Å². The van der Waals surface area contributed by atoms with E-state index in [2.05, 4.69) is 25.4 Å². The zero-order valence-corrected chi connectivity index (χ0v) is 19.1. The van der Waals surface area contributed by atoms with Crippen molar-refractivity contribution in [3.05, 3.63) is 81.7 Å². The van der Waals surface area contributed by atoms with Crippen LogP contribution >= 0.6 is 0 Å². The van der Waals surface area contributed by atoms with Gasteiger partial charge in [-0.25, -0.2) is 9.07 Å². The van der Waals surface area contributed by atoms with Crippen LogP contribution in [-0.4, -0.2) is 50.3 Å². The molecular weight excluding hydrogens is 435 g/mol. The third kappa shape index (κ3) is 4.56. The Kier molecular flexibility index (Phi) is 6.35. The molecule has 0 amide bonds. The maximum absolute atomic E-state index is 13.4. The molecule has 1 fully saturated rings. The summed E-state index contributed by atoms with van der Waals surface area (Å²) in [5.74, 6) is 1.03. The summed E-state index contributed by atoms with van der Waals surface area (Å²) in [6.45, 7) is 2.08. The van der Waals surface area contributed by atoms with E-state index < -0.39 is 6.04 Å². The Morgan fingerprint density at radius 1 is 1.06 bits per heavy atom. The number of likely N-dealkylation sites (tertiary alicyclic amines) is 1. The molecule has 2 aromatic carbocycles. The summed E-state index contributed by atoms with van der Waals surface area (Å²) in [5, 5.41) is 13.4. The molecule has 176 valence electrons. The molecule has 0 aliphatic carbocycles. The lowest BCUT2D eigenvalue weighted by atomic mass is 10.0. The fourth-order valence-electron chi connectivity index (χ4n) is 4.67. The molecule has 4 aromatic rings. The highest BCUT2D eigenvalue weighted by Gasteiger charge is 2.31. The lowest BCUT2D eigenvalue weighted by Gasteiger charge is -2.29. The van der Waals surface area contributed by atoms with Crippen molar-refractivity contribution in [3.63, 3.8) is 0 Å². The molecule has 1 aliphatic heterocycles. The molecule has 2 aromatic heterocycles. The molecule has 34 heavy (non-hydrogen) atoms. The van der Waals surface area contributed by atoms with E-state index in [0.29, 0.717) is 17.9 Å². The van der Waals surface area contributed by atoms with Crippen molar-refractivity contribution in [2.45, 2.75) is 38.3 Å². The number of hydrogen-bond donors (Lipinski definition) is 1. The van der Waals surface area contributed by atoms with Crippen LogP contribution in [0.2, 0.25) is 0 Å². The quantitative estimate of drug-likeness (QED) is 0.470. The lowest BCUT2D eigenvalue weighted by molar-refractivity contribution is 0.220. The van der Waals surface area contributed by atoms with Crippen LogP contribution < -0.4 is 10.3 Å². The number of ether oxygens (including phenoxy) is 1. The van der Waals surface area contributed by atoms with Crippen molar-refractivity contribution in [1.29, 1.82) is 0 Å². The number of pyridine rings is 1. The second kappa shape index (κ2) is 9.72. The summed E-state index contributed by atoms with van der Waals surface area (Å²) in [5.41, 5.74) is 2.05. The maximum atomic E-state index is 13.4. The number of benzene rings is 2. The van der Waals surface area contributed by atoms with Crippen molar-refractivity contribution in [3.8, 4) is 5.75 Å². The number of halogens is 1. The third-order valence-corrected chi connectivity index (χ3v) is 6.43. The van der Waals surface area contributed by atoms with E-state index in [1.165, 1.54) is 12.1 Å². The molecule has 3 heterocycles. The number of aromatic amines is 1. The molecule has 0 bridgehead atoms. The minimum Gasteiger partial charge on any atom is -0.497 e. The van der Waals surface area contributed by atoms with Gasteiger partial charge in [0, 0.05) is 16.5 Å². The van der Waals surface area contributed by atoms with Crippen LogP contribution in [0, 0.1) is 5.82 Å². The van der Waals surface area contributed by atoms with Crippen LogP contribution in [0.5, 0.6) is 5.75 Å². The number of H-pyrrole nitrogens is 1. The second-order valence-corrected chi connectivity index (χ2v) is 8.68. The monoisotopic (exact) mass is 462 g/mol. The average molecular weight is 463 g/mol. The van der Waals surface area contributed by atoms with Gasteiger partial charge in [0.1, 0.15) is 17.6 Å². The van der Waals surface area contributed by atoms with Gasteiger partial charge in [-0.2, -0.15) is 0 Å². The molecule has 1 aliphatic rings. The van der Waals surface area contributed by atoms with E-state index in [1.54, 1.807) is 23.9 Å². The van der Waals surface area contributed by atoms with Gasteiger partial charge in [-0.05, 0) is 78.3 Å². The van der Waals surface area contributed by atoms with Gasteiger partial charge in [0.05, 0.1) is 13.7 Å². The standard InChI is InChI=1S/C25H27FN6O2/c1-34-20-10-11-22-18(14-20)15-21(25(33)27-22)23(31-12-4-2-3-5-13-31)24-28-29-30-32(24)16-17-6-8-19(26)9-7-17/h6-11,14-15,23H,2-5,12-13,16H2,1H3,(H,27,33)/t23-/m1/s1. The average Bonchev–Trinajstić information content (AvgIpc) is 3.12. The molecule has 0 spiro atoms. The highest BCUT2D eigenvalue weighted by atomic mass is 19.1. The van der Waals surface area contributed by atoms with Gasteiger partial charge in [-0.3, -0.25) is 9.69 Å². The van der Waals surface area contributed by atoms with E-state index in [1.807, 2.05) is 24.3 Å². The number of fused-ring (bicyclic) bond motifs is 1. The molecule has 9 heteroatoms. The van der Waals surface area contributed by atoms with E-state index in [-0.39, 0.29) is 11.4 Å². The summed E-state index contributed by atoms with van der Waals surface area (Å²) in [4.78, 5) is 18.7. The van der Waals surface area contributed by atoms with Crippen LogP contribution in [0.15, 0.2) is 53.3 Å². The van der Waals surface area contributed by atoms with Gasteiger partial charge < -0.3 is 9.72 Å². The van der Waals surface area contributed by atoms with Gasteiger partial charge in [0.2, 0.25) is 0 Å². The van der Waals surface area contributed by atoms with Gasteiger partial charge in [-0.15, -0.1) is 5.10 Å². The number of nitrogens with zero attached hydrogens (tertiary/aromatic N) is 5. The number of rotatable bonds is 6. The van der Waals surface area contributed by atoms with Crippen LogP contribution in [0.3, 0.4) is 0 Å². The van der Waals surface area contributed by atoms with E-state index in [4.69, 9.17) is 4.74 Å². The summed E-state index contributed by atoms with van der Waals surface area (Å²) >= 11 is 0. The zero-order valence-electron chi connectivity index (χ0n) is 19.1. The first-order chi connectivity index (χ1) is 16.6. The SMILES string of the molecule is COc1ccc2[nH]c(=O)c([C@H](c3nnnn3Cc3ccc(F)cc3)N3CCCCCC3)cc2c1. The molecule has 5 rings (SSSR count). The summed E-state index contributed by atoms with van der Waals surface area (Å²) in [6.07, 6.45) is 4.43. The van der Waals surface area contributed by atoms with Crippen LogP contribution in [-0.2, 0) is 6.54 Å². The smallest absolute Gasteiger partial charge is 0.253 e. The summed E-state index contributed by atoms with van der Waals surface area (Å²) < 4.78 is 20.5. The predicted octanol–water partition coefficient (Wildman–Crippen LogP) is 3.68. The summed E-state index contributed by atoms with van der Waals surface area (Å²) in [6, 6.07) is 13.4. The predicted molar refractivity (Wildman–Crippen MR) is 126 cm³/mol. The highest BCUT2D eigenvalue weighted by Crippen LogP contribution is 2.30. The number of methoxy groups -OCH3 is 1. The third-order valence-electron chi connectivity index (χ3n) is 6.43. The van der Waals surface area contributed by atoms with Crippen LogP contribution in [0.25, 0.3) is 10.9 Å². The molecule has 0 radical (unpaired) electrons. The Morgan fingerprint density at radius 2 is 1.82 bits per heavy atom. The van der Waals surface area contributed by atoms with Crippen molar-refractivity contribution >= 4 is 10.9 Å². The van der Waals surface area contributed by atoms with Crippen molar-refractivity contribution in [1.82, 2.24) is 30.1 Å². The Morgan fingerprint density at radius 3 is 2.56 bits per heavy atom. The molecule has 1 N–H and O–H groups in total. The van der Waals surface area contributed by atoms with Gasteiger partial charge in [0.15, 0.2) is 5.82 Å². The van der Waals surface area contributed by atoms with Gasteiger partial charge >= 0.3 is 0 Å². The first kappa shape index (κ1) is 22.2. The first-order valence-corrected chi connectivity index (χ1v) is 11.6. The lowest BCUT2D eigenvalue weighted by Crippen LogP contribution is -2.36. The van der Waals surface area contributed by atoms with Gasteiger partial charge in [-0.1, -0.05) is 25.0 Å². The molecule has 1 saturated heterocycles. The molecule has 8 nitrogen and oxygen atoms in total. The normalized spacial score (nSPS) is 15.8. The van der Waals surface area contributed by atoms with E-state index in [0.717, 1.165) is 61.0 Å². The van der Waals surface area contributed by atoms with E-state index in [9.17, 15) is 9.18 Å². The fraction of sp³-hybridized carbons (Fsp3) is 0.360. The van der Waals surface area contributed by atoms with Crippen LogP contribution in [0.4, 0.5) is 4.39 Å². The molecular formula is C25H27FN6O2. The first-order valence-electron chi connectivity index (χ1n) is 11.6. The Hall–Kier alpha value is -3.59. The Bertz CT molecular complexity index is 1330. The minimum atomic E-state index is -0.409. The Balaban J connectivity index is 1.61. The largest absolute Gasteiger partial charge is 0.497 e.